The maximum absolute atomic E-state index is 5.41. The topological polar surface area (TPSA) is 24.8 Å². The minimum Gasteiger partial charge on any atom is -0.378 e. The number of morpholine rings is 1. The molecule has 12 heavy (non-hydrogen) atoms. The Morgan fingerprint density at radius 3 is 3.17 bits per heavy atom. The van der Waals surface area contributed by atoms with E-state index < -0.39 is 0 Å². The monoisotopic (exact) mass is 170 g/mol. The molecule has 0 spiro atoms. The third-order valence-electron chi connectivity index (χ3n) is 2.25. The summed E-state index contributed by atoms with van der Waals surface area (Å²) in [5.74, 6) is 0. The summed E-state index contributed by atoms with van der Waals surface area (Å²) < 4.78 is 5.41. The fraction of sp³-hybridized carbons (Fsp3) is 0.889. The van der Waals surface area contributed by atoms with E-state index in [2.05, 4.69) is 23.5 Å². The first-order valence-electron chi connectivity index (χ1n) is 4.62. The van der Waals surface area contributed by atoms with Crippen LogP contribution in [0.1, 0.15) is 19.8 Å². The van der Waals surface area contributed by atoms with Crippen LogP contribution in [0.3, 0.4) is 0 Å². The van der Waals surface area contributed by atoms with Crippen LogP contribution in [0.4, 0.5) is 0 Å². The number of rotatable bonds is 4. The second kappa shape index (κ2) is 5.27. The van der Waals surface area contributed by atoms with Crippen molar-refractivity contribution >= 4 is 6.72 Å². The summed E-state index contributed by atoms with van der Waals surface area (Å²) in [6.07, 6.45) is 2.41. The van der Waals surface area contributed by atoms with Gasteiger partial charge in [0.1, 0.15) is 0 Å². The summed E-state index contributed by atoms with van der Waals surface area (Å²) >= 11 is 0. The number of hydrogen-bond donors (Lipinski definition) is 0. The predicted molar refractivity (Wildman–Crippen MR) is 50.6 cm³/mol. The molecular formula is C9H18N2O. The van der Waals surface area contributed by atoms with Gasteiger partial charge in [0.2, 0.25) is 0 Å². The first kappa shape index (κ1) is 9.68. The van der Waals surface area contributed by atoms with Gasteiger partial charge in [-0.25, -0.2) is 0 Å². The summed E-state index contributed by atoms with van der Waals surface area (Å²) in [4.78, 5) is 6.26. The average Bonchev–Trinajstić information content (AvgIpc) is 2.09. The molecule has 0 aliphatic carbocycles. The Kier molecular flexibility index (Phi) is 4.25. The van der Waals surface area contributed by atoms with E-state index in [4.69, 9.17) is 4.74 Å². The van der Waals surface area contributed by atoms with Crippen LogP contribution in [0, 0.1) is 0 Å². The number of ether oxygens (including phenoxy) is 1. The van der Waals surface area contributed by atoms with Crippen molar-refractivity contribution in [1.82, 2.24) is 4.90 Å². The van der Waals surface area contributed by atoms with Crippen molar-refractivity contribution in [3.63, 3.8) is 0 Å². The lowest BCUT2D eigenvalue weighted by Crippen LogP contribution is -2.45. The molecule has 0 amide bonds. The molecule has 3 heteroatoms. The van der Waals surface area contributed by atoms with E-state index in [1.54, 1.807) is 0 Å². The fourth-order valence-corrected chi connectivity index (χ4v) is 1.60. The minimum atomic E-state index is 0.564. The molecule has 70 valence electrons. The first-order valence-corrected chi connectivity index (χ1v) is 4.62. The van der Waals surface area contributed by atoms with Gasteiger partial charge in [-0.1, -0.05) is 13.3 Å². The highest BCUT2D eigenvalue weighted by Gasteiger charge is 2.20. The van der Waals surface area contributed by atoms with Crippen LogP contribution in [0.15, 0.2) is 4.99 Å². The summed E-state index contributed by atoms with van der Waals surface area (Å²) in [7, 11) is 0. The largest absolute Gasteiger partial charge is 0.378 e. The van der Waals surface area contributed by atoms with Crippen LogP contribution < -0.4 is 0 Å². The molecular weight excluding hydrogens is 152 g/mol. The van der Waals surface area contributed by atoms with Crippen LogP contribution in [-0.2, 0) is 4.74 Å². The lowest BCUT2D eigenvalue weighted by molar-refractivity contribution is -0.00882. The van der Waals surface area contributed by atoms with Gasteiger partial charge in [-0.3, -0.25) is 9.89 Å². The summed E-state index contributed by atoms with van der Waals surface area (Å²) in [5.41, 5.74) is 0. The van der Waals surface area contributed by atoms with Gasteiger partial charge in [0.15, 0.2) is 0 Å². The average molecular weight is 170 g/mol. The van der Waals surface area contributed by atoms with Crippen LogP contribution >= 0.6 is 0 Å². The Bertz CT molecular complexity index is 136. The normalized spacial score (nSPS) is 25.6. The molecule has 1 rings (SSSR count). The Hall–Kier alpha value is -0.410. The van der Waals surface area contributed by atoms with Crippen molar-refractivity contribution in [3.8, 4) is 0 Å². The van der Waals surface area contributed by atoms with Gasteiger partial charge in [0.05, 0.1) is 19.9 Å². The zero-order valence-corrected chi connectivity index (χ0v) is 7.83. The van der Waals surface area contributed by atoms with Gasteiger partial charge in [0, 0.05) is 12.6 Å². The van der Waals surface area contributed by atoms with Gasteiger partial charge < -0.3 is 4.74 Å². The quantitative estimate of drug-likeness (QED) is 0.591. The minimum absolute atomic E-state index is 0.564. The van der Waals surface area contributed by atoms with Crippen LogP contribution in [-0.4, -0.2) is 44.1 Å². The fourth-order valence-electron chi connectivity index (χ4n) is 1.60. The standard InChI is InChI=1S/C9H18N2O/c1-3-4-9-7-12-6-5-11(9)8-10-2/h9H,2-8H2,1H3. The molecule has 0 aromatic heterocycles. The molecule has 1 heterocycles. The van der Waals surface area contributed by atoms with Gasteiger partial charge >= 0.3 is 0 Å². The molecule has 0 radical (unpaired) electrons. The lowest BCUT2D eigenvalue weighted by atomic mass is 10.1. The molecule has 1 atom stereocenters. The Labute approximate surface area is 74.4 Å². The van der Waals surface area contributed by atoms with Crippen molar-refractivity contribution in [3.05, 3.63) is 0 Å². The highest BCUT2D eigenvalue weighted by atomic mass is 16.5. The molecule has 1 unspecified atom stereocenters. The van der Waals surface area contributed by atoms with Gasteiger partial charge in [-0.05, 0) is 13.1 Å². The van der Waals surface area contributed by atoms with Crippen LogP contribution in [0.2, 0.25) is 0 Å². The van der Waals surface area contributed by atoms with Gasteiger partial charge in [-0.2, -0.15) is 0 Å². The van der Waals surface area contributed by atoms with Crippen molar-refractivity contribution in [2.45, 2.75) is 25.8 Å². The smallest absolute Gasteiger partial charge is 0.0906 e. The van der Waals surface area contributed by atoms with E-state index in [1.165, 1.54) is 12.8 Å². The zero-order valence-electron chi connectivity index (χ0n) is 7.83. The molecule has 0 saturated carbocycles. The maximum atomic E-state index is 5.41. The van der Waals surface area contributed by atoms with E-state index in [9.17, 15) is 0 Å². The van der Waals surface area contributed by atoms with Crippen molar-refractivity contribution < 1.29 is 4.74 Å². The summed E-state index contributed by atoms with van der Waals surface area (Å²) in [6, 6.07) is 0.564. The molecule has 0 aromatic carbocycles. The van der Waals surface area contributed by atoms with Crippen molar-refractivity contribution in [2.24, 2.45) is 4.99 Å². The Balaban J connectivity index is 2.36. The van der Waals surface area contributed by atoms with E-state index >= 15 is 0 Å². The SMILES string of the molecule is C=NCN1CCOCC1CCC. The third kappa shape index (κ3) is 2.57. The van der Waals surface area contributed by atoms with Gasteiger partial charge in [-0.15, -0.1) is 0 Å². The Morgan fingerprint density at radius 2 is 2.50 bits per heavy atom. The second-order valence-corrected chi connectivity index (χ2v) is 3.19. The van der Waals surface area contributed by atoms with Crippen molar-refractivity contribution in [1.29, 1.82) is 0 Å². The van der Waals surface area contributed by atoms with Crippen molar-refractivity contribution in [2.75, 3.05) is 26.4 Å². The molecule has 3 nitrogen and oxygen atoms in total. The molecule has 1 aliphatic rings. The molecule has 0 bridgehead atoms. The number of hydrogen-bond acceptors (Lipinski definition) is 3. The zero-order chi connectivity index (χ0) is 8.81. The third-order valence-corrected chi connectivity index (χ3v) is 2.25. The summed E-state index contributed by atoms with van der Waals surface area (Å²) in [6.45, 7) is 9.19. The first-order chi connectivity index (χ1) is 5.88. The lowest BCUT2D eigenvalue weighted by Gasteiger charge is -2.34. The number of aliphatic imine (C=N–C) groups is 1. The highest BCUT2D eigenvalue weighted by Crippen LogP contribution is 2.11. The van der Waals surface area contributed by atoms with E-state index in [1.807, 2.05) is 0 Å². The molecule has 1 saturated heterocycles. The van der Waals surface area contributed by atoms with E-state index in [0.717, 1.165) is 26.4 Å². The predicted octanol–water partition coefficient (Wildman–Crippen LogP) is 1.15. The maximum Gasteiger partial charge on any atom is 0.0906 e. The second-order valence-electron chi connectivity index (χ2n) is 3.19. The summed E-state index contributed by atoms with van der Waals surface area (Å²) in [5, 5.41) is 0. The molecule has 0 aromatic rings. The van der Waals surface area contributed by atoms with Gasteiger partial charge in [0.25, 0.3) is 0 Å². The Morgan fingerprint density at radius 1 is 1.67 bits per heavy atom. The molecule has 1 aliphatic heterocycles. The van der Waals surface area contributed by atoms with Crippen LogP contribution in [0.5, 0.6) is 0 Å². The molecule has 0 N–H and O–H groups in total. The van der Waals surface area contributed by atoms with E-state index in [-0.39, 0.29) is 0 Å². The molecule has 1 fully saturated rings. The van der Waals surface area contributed by atoms with E-state index in [0.29, 0.717) is 6.04 Å². The highest BCUT2D eigenvalue weighted by molar-refractivity contribution is 5.23. The number of nitrogens with zero attached hydrogens (tertiary/aromatic N) is 2. The van der Waals surface area contributed by atoms with Crippen LogP contribution in [0.25, 0.3) is 0 Å².